The van der Waals surface area contributed by atoms with Crippen LogP contribution in [0.2, 0.25) is 0 Å². The van der Waals surface area contributed by atoms with Crippen LogP contribution < -0.4 is 26.0 Å². The zero-order valence-electron chi connectivity index (χ0n) is 19.2. The smallest absolute Gasteiger partial charge is 0.332 e. The van der Waals surface area contributed by atoms with E-state index in [0.717, 1.165) is 4.57 Å². The van der Waals surface area contributed by atoms with Gasteiger partial charge >= 0.3 is 5.69 Å². The zero-order chi connectivity index (χ0) is 24.9. The molecule has 178 valence electrons. The van der Waals surface area contributed by atoms with Gasteiger partial charge in [0, 0.05) is 5.56 Å². The number of amides is 1. The van der Waals surface area contributed by atoms with Crippen LogP contribution in [0.1, 0.15) is 10.4 Å². The van der Waals surface area contributed by atoms with Gasteiger partial charge in [-0.3, -0.25) is 23.5 Å². The normalized spacial score (nSPS) is 10.7. The van der Waals surface area contributed by atoms with Crippen molar-refractivity contribution in [3.05, 3.63) is 99.2 Å². The lowest BCUT2D eigenvalue weighted by Crippen LogP contribution is -2.43. The molecular weight excluding hydrogens is 450 g/mol. The number of anilines is 1. The third-order valence-corrected chi connectivity index (χ3v) is 5.53. The first-order valence-electron chi connectivity index (χ1n) is 10.8. The SMILES string of the molecule is COc1ccc(C(=O)Cn2c(=O)n(CC(=O)Nc3ccccc3OC)c(=O)c3ccccc32)cc1. The quantitative estimate of drug-likeness (QED) is 0.394. The van der Waals surface area contributed by atoms with Crippen LogP contribution in [0.3, 0.4) is 0 Å². The van der Waals surface area contributed by atoms with Crippen LogP contribution >= 0.6 is 0 Å². The Labute approximate surface area is 200 Å². The maximum atomic E-state index is 13.3. The van der Waals surface area contributed by atoms with Crippen LogP contribution in [0, 0.1) is 0 Å². The molecule has 1 aromatic heterocycles. The molecule has 4 aromatic rings. The molecule has 0 bridgehead atoms. The van der Waals surface area contributed by atoms with Crippen LogP contribution in [0.4, 0.5) is 5.69 Å². The summed E-state index contributed by atoms with van der Waals surface area (Å²) in [6.45, 7) is -0.836. The van der Waals surface area contributed by atoms with Crippen LogP contribution in [0.5, 0.6) is 11.5 Å². The van der Waals surface area contributed by atoms with Crippen molar-refractivity contribution in [3.63, 3.8) is 0 Å². The predicted molar refractivity (Wildman–Crippen MR) is 131 cm³/mol. The molecule has 4 rings (SSSR count). The number of hydrogen-bond donors (Lipinski definition) is 1. The summed E-state index contributed by atoms with van der Waals surface area (Å²) in [6.07, 6.45) is 0. The molecule has 0 fully saturated rings. The van der Waals surface area contributed by atoms with E-state index in [4.69, 9.17) is 9.47 Å². The van der Waals surface area contributed by atoms with E-state index < -0.39 is 23.7 Å². The number of ether oxygens (including phenoxy) is 2. The van der Waals surface area contributed by atoms with Gasteiger partial charge in [0.05, 0.1) is 37.4 Å². The molecule has 1 amide bonds. The van der Waals surface area contributed by atoms with Gasteiger partial charge in [-0.2, -0.15) is 0 Å². The molecule has 0 radical (unpaired) electrons. The second kappa shape index (κ2) is 10.1. The highest BCUT2D eigenvalue weighted by Gasteiger charge is 2.18. The molecule has 1 heterocycles. The molecule has 0 saturated heterocycles. The second-order valence-corrected chi connectivity index (χ2v) is 7.68. The minimum Gasteiger partial charge on any atom is -0.497 e. The minimum atomic E-state index is -0.759. The van der Waals surface area contributed by atoms with Gasteiger partial charge in [0.2, 0.25) is 5.91 Å². The number of carbonyl (C=O) groups excluding carboxylic acids is 2. The summed E-state index contributed by atoms with van der Waals surface area (Å²) < 4.78 is 12.4. The van der Waals surface area contributed by atoms with Crippen molar-refractivity contribution in [1.82, 2.24) is 9.13 Å². The first kappa shape index (κ1) is 23.5. The number of ketones is 1. The van der Waals surface area contributed by atoms with Crippen molar-refractivity contribution in [2.75, 3.05) is 19.5 Å². The molecule has 0 spiro atoms. The van der Waals surface area contributed by atoms with Crippen molar-refractivity contribution in [3.8, 4) is 11.5 Å². The number of aromatic nitrogens is 2. The average molecular weight is 473 g/mol. The molecule has 0 aliphatic rings. The van der Waals surface area contributed by atoms with Gasteiger partial charge in [0.15, 0.2) is 5.78 Å². The topological polar surface area (TPSA) is 109 Å². The van der Waals surface area contributed by atoms with E-state index in [1.54, 1.807) is 72.8 Å². The Morgan fingerprint density at radius 1 is 0.800 bits per heavy atom. The fourth-order valence-corrected chi connectivity index (χ4v) is 3.76. The highest BCUT2D eigenvalue weighted by molar-refractivity contribution is 5.97. The van der Waals surface area contributed by atoms with Crippen molar-refractivity contribution in [1.29, 1.82) is 0 Å². The molecule has 0 aliphatic heterocycles. The van der Waals surface area contributed by atoms with Crippen molar-refractivity contribution in [2.45, 2.75) is 13.1 Å². The summed E-state index contributed by atoms with van der Waals surface area (Å²) in [5.41, 5.74) is -0.275. The lowest BCUT2D eigenvalue weighted by molar-refractivity contribution is -0.116. The van der Waals surface area contributed by atoms with E-state index in [2.05, 4.69) is 5.32 Å². The number of para-hydroxylation sites is 3. The summed E-state index contributed by atoms with van der Waals surface area (Å²) in [7, 11) is 2.99. The summed E-state index contributed by atoms with van der Waals surface area (Å²) >= 11 is 0. The number of fused-ring (bicyclic) bond motifs is 1. The third-order valence-electron chi connectivity index (χ3n) is 5.53. The number of nitrogens with one attached hydrogen (secondary N) is 1. The Hall–Kier alpha value is -4.66. The molecule has 9 nitrogen and oxygen atoms in total. The molecule has 3 aromatic carbocycles. The summed E-state index contributed by atoms with van der Waals surface area (Å²) in [4.78, 5) is 52.1. The van der Waals surface area contributed by atoms with E-state index in [0.29, 0.717) is 28.3 Å². The van der Waals surface area contributed by atoms with Gasteiger partial charge < -0.3 is 14.8 Å². The van der Waals surface area contributed by atoms with E-state index in [1.807, 2.05) is 0 Å². The van der Waals surface area contributed by atoms with Crippen molar-refractivity contribution >= 4 is 28.3 Å². The first-order valence-corrected chi connectivity index (χ1v) is 10.8. The van der Waals surface area contributed by atoms with Gasteiger partial charge in [-0.05, 0) is 48.5 Å². The number of Topliss-reactive ketones (excluding diaryl/α,β-unsaturated/α-hetero) is 1. The first-order chi connectivity index (χ1) is 16.9. The van der Waals surface area contributed by atoms with Crippen LogP contribution in [0.15, 0.2) is 82.4 Å². The Bertz CT molecular complexity index is 1520. The highest BCUT2D eigenvalue weighted by Crippen LogP contribution is 2.22. The van der Waals surface area contributed by atoms with Crippen LogP contribution in [0.25, 0.3) is 10.9 Å². The van der Waals surface area contributed by atoms with Gasteiger partial charge in [0.25, 0.3) is 5.56 Å². The fourth-order valence-electron chi connectivity index (χ4n) is 3.76. The number of rotatable bonds is 8. The summed E-state index contributed by atoms with van der Waals surface area (Å²) in [6, 6.07) is 19.8. The maximum Gasteiger partial charge on any atom is 0.332 e. The standard InChI is InChI=1S/C26H23N3O6/c1-34-18-13-11-17(12-14-18)22(30)15-28-21-9-5-3-7-19(21)25(32)29(26(28)33)16-24(31)27-20-8-4-6-10-23(20)35-2/h3-14H,15-16H2,1-2H3,(H,27,31). The van der Waals surface area contributed by atoms with Crippen molar-refractivity contribution < 1.29 is 19.1 Å². The lowest BCUT2D eigenvalue weighted by atomic mass is 10.1. The van der Waals surface area contributed by atoms with Gasteiger partial charge in [0.1, 0.15) is 18.0 Å². The van der Waals surface area contributed by atoms with Gasteiger partial charge in [-0.15, -0.1) is 0 Å². The Morgan fingerprint density at radius 2 is 1.49 bits per heavy atom. The molecular formula is C26H23N3O6. The monoisotopic (exact) mass is 473 g/mol. The van der Waals surface area contributed by atoms with Crippen LogP contribution in [-0.2, 0) is 17.9 Å². The number of nitrogens with zero attached hydrogens (tertiary/aromatic N) is 2. The van der Waals surface area contributed by atoms with Gasteiger partial charge in [-0.25, -0.2) is 4.79 Å². The summed E-state index contributed by atoms with van der Waals surface area (Å²) in [5.74, 6) is 0.119. The third kappa shape index (κ3) is 4.84. The molecule has 9 heteroatoms. The zero-order valence-corrected chi connectivity index (χ0v) is 19.2. The largest absolute Gasteiger partial charge is 0.497 e. The highest BCUT2D eigenvalue weighted by atomic mass is 16.5. The Balaban J connectivity index is 1.70. The number of hydrogen-bond acceptors (Lipinski definition) is 6. The van der Waals surface area contributed by atoms with E-state index in [9.17, 15) is 19.2 Å². The minimum absolute atomic E-state index is 0.222. The maximum absolute atomic E-state index is 13.3. The molecule has 0 unspecified atom stereocenters. The van der Waals surface area contributed by atoms with Crippen molar-refractivity contribution in [2.24, 2.45) is 0 Å². The second-order valence-electron chi connectivity index (χ2n) is 7.68. The predicted octanol–water partition coefficient (Wildman–Crippen LogP) is 2.70. The van der Waals surface area contributed by atoms with E-state index >= 15 is 0 Å². The summed E-state index contributed by atoms with van der Waals surface area (Å²) in [5, 5.41) is 2.88. The molecule has 0 saturated carbocycles. The Morgan fingerprint density at radius 3 is 2.20 bits per heavy atom. The molecule has 0 aliphatic carbocycles. The van der Waals surface area contributed by atoms with Gasteiger partial charge in [-0.1, -0.05) is 24.3 Å². The number of methoxy groups -OCH3 is 2. The van der Waals surface area contributed by atoms with E-state index in [1.165, 1.54) is 18.8 Å². The Kier molecular flexibility index (Phi) is 6.77. The fraction of sp³-hybridized carbons (Fsp3) is 0.154. The number of benzene rings is 3. The molecule has 1 N–H and O–H groups in total. The number of carbonyl (C=O) groups is 2. The average Bonchev–Trinajstić information content (AvgIpc) is 2.89. The molecule has 35 heavy (non-hydrogen) atoms. The lowest BCUT2D eigenvalue weighted by Gasteiger charge is -2.14. The molecule has 0 atom stereocenters. The van der Waals surface area contributed by atoms with Crippen LogP contribution in [-0.4, -0.2) is 35.0 Å². The van der Waals surface area contributed by atoms with E-state index in [-0.39, 0.29) is 17.7 Å².